The number of sulfonamides is 1. The second-order valence-corrected chi connectivity index (χ2v) is 6.45. The fraction of sp³-hybridized carbons (Fsp3) is 0.143. The number of benzene rings is 2. The summed E-state index contributed by atoms with van der Waals surface area (Å²) in [5.74, 6) is 0. The maximum absolute atomic E-state index is 12.3. The van der Waals surface area contributed by atoms with Gasteiger partial charge in [0.2, 0.25) is 0 Å². The molecular weight excluding hydrogens is 282 g/mol. The zero-order chi connectivity index (χ0) is 14.0. The van der Waals surface area contributed by atoms with E-state index in [9.17, 15) is 8.42 Å². The second kappa shape index (κ2) is 5.23. The number of hydrogen-bond donors (Lipinski definition) is 1. The molecule has 19 heavy (non-hydrogen) atoms. The van der Waals surface area contributed by atoms with E-state index >= 15 is 0 Å². The normalized spacial score (nSPS) is 11.3. The van der Waals surface area contributed by atoms with Crippen LogP contribution in [0.5, 0.6) is 0 Å². The van der Waals surface area contributed by atoms with Crippen LogP contribution in [-0.2, 0) is 10.0 Å². The van der Waals surface area contributed by atoms with Crippen LogP contribution in [0.3, 0.4) is 0 Å². The summed E-state index contributed by atoms with van der Waals surface area (Å²) in [6.45, 7) is 3.73. The molecule has 0 saturated heterocycles. The molecule has 0 aliphatic carbocycles. The zero-order valence-corrected chi connectivity index (χ0v) is 12.2. The van der Waals surface area contributed by atoms with E-state index in [0.29, 0.717) is 10.7 Å². The van der Waals surface area contributed by atoms with Crippen LogP contribution in [0.2, 0.25) is 5.02 Å². The zero-order valence-electron chi connectivity index (χ0n) is 10.6. The van der Waals surface area contributed by atoms with Gasteiger partial charge in [0, 0.05) is 5.02 Å². The van der Waals surface area contributed by atoms with Crippen LogP contribution < -0.4 is 4.72 Å². The van der Waals surface area contributed by atoms with Gasteiger partial charge in [-0.3, -0.25) is 4.72 Å². The van der Waals surface area contributed by atoms with E-state index in [1.165, 1.54) is 12.1 Å². The summed E-state index contributed by atoms with van der Waals surface area (Å²) in [6.07, 6.45) is 0. The molecule has 0 radical (unpaired) electrons. The number of hydrogen-bond acceptors (Lipinski definition) is 2. The fourth-order valence-electron chi connectivity index (χ4n) is 1.80. The first-order chi connectivity index (χ1) is 8.90. The molecule has 0 unspecified atom stereocenters. The van der Waals surface area contributed by atoms with E-state index in [0.717, 1.165) is 11.1 Å². The Hall–Kier alpha value is -1.52. The molecule has 0 fully saturated rings. The van der Waals surface area contributed by atoms with Crippen molar-refractivity contribution in [2.45, 2.75) is 18.7 Å². The summed E-state index contributed by atoms with van der Waals surface area (Å²) in [7, 11) is -3.62. The van der Waals surface area contributed by atoms with Crippen molar-refractivity contribution in [3.8, 4) is 0 Å². The van der Waals surface area contributed by atoms with Crippen molar-refractivity contribution in [2.75, 3.05) is 4.72 Å². The van der Waals surface area contributed by atoms with Crippen LogP contribution in [0.1, 0.15) is 11.1 Å². The molecule has 2 aromatic rings. The summed E-state index contributed by atoms with van der Waals surface area (Å²) in [5.41, 5.74) is 2.37. The Morgan fingerprint density at radius 1 is 1.00 bits per heavy atom. The van der Waals surface area contributed by atoms with Crippen LogP contribution in [0, 0.1) is 13.8 Å². The molecule has 2 aromatic carbocycles. The molecule has 0 aliphatic rings. The predicted molar refractivity (Wildman–Crippen MR) is 78.2 cm³/mol. The van der Waals surface area contributed by atoms with Crippen molar-refractivity contribution in [3.63, 3.8) is 0 Å². The standard InChI is InChI=1S/C14H14ClNO2S/c1-10-5-3-6-11(2)14(10)16-19(17,18)13-8-4-7-12(15)9-13/h3-9,16H,1-2H3. The number of para-hydroxylation sites is 1. The number of anilines is 1. The molecule has 0 heterocycles. The molecule has 2 rings (SSSR count). The smallest absolute Gasteiger partial charge is 0.261 e. The third-order valence-electron chi connectivity index (χ3n) is 2.82. The lowest BCUT2D eigenvalue weighted by Gasteiger charge is -2.13. The van der Waals surface area contributed by atoms with E-state index < -0.39 is 10.0 Å². The molecule has 0 aliphatic heterocycles. The molecule has 1 N–H and O–H groups in total. The molecular formula is C14H14ClNO2S. The summed E-state index contributed by atoms with van der Waals surface area (Å²) in [4.78, 5) is 0.155. The summed E-state index contributed by atoms with van der Waals surface area (Å²) < 4.78 is 27.2. The van der Waals surface area contributed by atoms with Crippen molar-refractivity contribution in [2.24, 2.45) is 0 Å². The minimum Gasteiger partial charge on any atom is -0.279 e. The van der Waals surface area contributed by atoms with E-state index in [1.807, 2.05) is 32.0 Å². The van der Waals surface area contributed by atoms with Gasteiger partial charge in [0.05, 0.1) is 10.6 Å². The minimum atomic E-state index is -3.62. The van der Waals surface area contributed by atoms with E-state index in [4.69, 9.17) is 11.6 Å². The maximum Gasteiger partial charge on any atom is 0.261 e. The first-order valence-corrected chi connectivity index (χ1v) is 7.61. The van der Waals surface area contributed by atoms with E-state index in [-0.39, 0.29) is 4.90 Å². The number of rotatable bonds is 3. The molecule has 5 heteroatoms. The first-order valence-electron chi connectivity index (χ1n) is 5.75. The molecule has 0 aromatic heterocycles. The summed E-state index contributed by atoms with van der Waals surface area (Å²) >= 11 is 5.82. The molecule has 0 spiro atoms. The maximum atomic E-state index is 12.3. The third-order valence-corrected chi connectivity index (χ3v) is 4.41. The van der Waals surface area contributed by atoms with Crippen LogP contribution in [0.4, 0.5) is 5.69 Å². The van der Waals surface area contributed by atoms with Crippen molar-refractivity contribution < 1.29 is 8.42 Å². The minimum absolute atomic E-state index is 0.155. The highest BCUT2D eigenvalue weighted by Gasteiger charge is 2.16. The van der Waals surface area contributed by atoms with Crippen LogP contribution in [0.25, 0.3) is 0 Å². The van der Waals surface area contributed by atoms with Gasteiger partial charge in [0.15, 0.2) is 0 Å². The Bertz CT molecular complexity index is 691. The monoisotopic (exact) mass is 295 g/mol. The highest BCUT2D eigenvalue weighted by Crippen LogP contribution is 2.24. The molecule has 100 valence electrons. The number of nitrogens with one attached hydrogen (secondary N) is 1. The van der Waals surface area contributed by atoms with E-state index in [1.54, 1.807) is 12.1 Å². The van der Waals surface area contributed by atoms with Gasteiger partial charge in [-0.1, -0.05) is 35.9 Å². The topological polar surface area (TPSA) is 46.2 Å². The first kappa shape index (κ1) is 13.9. The van der Waals surface area contributed by atoms with Crippen molar-refractivity contribution in [3.05, 3.63) is 58.6 Å². The van der Waals surface area contributed by atoms with Gasteiger partial charge in [-0.15, -0.1) is 0 Å². The van der Waals surface area contributed by atoms with Gasteiger partial charge in [-0.25, -0.2) is 8.42 Å². The van der Waals surface area contributed by atoms with Gasteiger partial charge < -0.3 is 0 Å². The Labute approximate surface area is 118 Å². The Balaban J connectivity index is 2.42. The third kappa shape index (κ3) is 3.08. The van der Waals surface area contributed by atoms with Gasteiger partial charge in [0.25, 0.3) is 10.0 Å². The van der Waals surface area contributed by atoms with Gasteiger partial charge >= 0.3 is 0 Å². The quantitative estimate of drug-likeness (QED) is 0.937. The predicted octanol–water partition coefficient (Wildman–Crippen LogP) is 3.76. The summed E-state index contributed by atoms with van der Waals surface area (Å²) in [5, 5.41) is 0.393. The Kier molecular flexibility index (Phi) is 3.83. The van der Waals surface area contributed by atoms with Crippen LogP contribution in [0.15, 0.2) is 47.4 Å². The molecule has 0 atom stereocenters. The lowest BCUT2D eigenvalue weighted by Crippen LogP contribution is -2.14. The lowest BCUT2D eigenvalue weighted by atomic mass is 10.1. The second-order valence-electron chi connectivity index (χ2n) is 4.33. The Morgan fingerprint density at radius 2 is 1.58 bits per heavy atom. The molecule has 0 bridgehead atoms. The van der Waals surface area contributed by atoms with Gasteiger partial charge in [-0.05, 0) is 43.2 Å². The van der Waals surface area contributed by atoms with Gasteiger partial charge in [0.1, 0.15) is 0 Å². The summed E-state index contributed by atoms with van der Waals surface area (Å²) in [6, 6.07) is 11.8. The van der Waals surface area contributed by atoms with E-state index in [2.05, 4.69) is 4.72 Å². The average Bonchev–Trinajstić information content (AvgIpc) is 2.34. The average molecular weight is 296 g/mol. The molecule has 0 amide bonds. The Morgan fingerprint density at radius 3 is 2.16 bits per heavy atom. The number of aryl methyl sites for hydroxylation is 2. The highest BCUT2D eigenvalue weighted by molar-refractivity contribution is 7.92. The molecule has 0 saturated carbocycles. The SMILES string of the molecule is Cc1cccc(C)c1NS(=O)(=O)c1cccc(Cl)c1. The van der Waals surface area contributed by atoms with Crippen molar-refractivity contribution in [1.82, 2.24) is 0 Å². The lowest BCUT2D eigenvalue weighted by molar-refractivity contribution is 0.601. The van der Waals surface area contributed by atoms with Gasteiger partial charge in [-0.2, -0.15) is 0 Å². The van der Waals surface area contributed by atoms with Crippen molar-refractivity contribution in [1.29, 1.82) is 0 Å². The van der Waals surface area contributed by atoms with Crippen LogP contribution >= 0.6 is 11.6 Å². The number of halogens is 1. The highest BCUT2D eigenvalue weighted by atomic mass is 35.5. The van der Waals surface area contributed by atoms with Crippen LogP contribution in [-0.4, -0.2) is 8.42 Å². The molecule has 3 nitrogen and oxygen atoms in total. The van der Waals surface area contributed by atoms with Crippen molar-refractivity contribution >= 4 is 27.3 Å². The fourth-order valence-corrected chi connectivity index (χ4v) is 3.31. The largest absolute Gasteiger partial charge is 0.279 e.